The molecule has 0 amide bonds. The summed E-state index contributed by atoms with van der Waals surface area (Å²) in [5.41, 5.74) is -1.05. The molecule has 0 radical (unpaired) electrons. The minimum atomic E-state index is -0.769. The van der Waals surface area contributed by atoms with Crippen LogP contribution in [0.25, 0.3) is 0 Å². The minimum absolute atomic E-state index is 0.00407. The summed E-state index contributed by atoms with van der Waals surface area (Å²) in [7, 11) is 0. The summed E-state index contributed by atoms with van der Waals surface area (Å²) in [6, 6.07) is 0. The summed E-state index contributed by atoms with van der Waals surface area (Å²) in [4.78, 5) is 12.5. The maximum atomic E-state index is 12.5. The van der Waals surface area contributed by atoms with Crippen molar-refractivity contribution in [1.82, 2.24) is 0 Å². The van der Waals surface area contributed by atoms with Crippen LogP contribution in [0.2, 0.25) is 0 Å². The van der Waals surface area contributed by atoms with E-state index >= 15 is 0 Å². The van der Waals surface area contributed by atoms with Crippen molar-refractivity contribution in [3.05, 3.63) is 0 Å². The van der Waals surface area contributed by atoms with E-state index in [0.717, 1.165) is 38.5 Å². The summed E-state index contributed by atoms with van der Waals surface area (Å²) in [5, 5.41) is 22.0. The molecule has 23 heavy (non-hydrogen) atoms. The second-order valence-corrected chi connectivity index (χ2v) is 10.1. The van der Waals surface area contributed by atoms with Crippen LogP contribution in [-0.4, -0.2) is 28.2 Å². The average molecular weight is 320 g/mol. The molecule has 7 atom stereocenters. The maximum absolute atomic E-state index is 12.5. The lowest BCUT2D eigenvalue weighted by molar-refractivity contribution is -0.186. The lowest BCUT2D eigenvalue weighted by Crippen LogP contribution is -2.61. The Balaban J connectivity index is 1.81. The highest BCUT2D eigenvalue weighted by molar-refractivity contribution is 5.62. The van der Waals surface area contributed by atoms with Crippen molar-refractivity contribution >= 4 is 6.29 Å². The molecule has 0 aromatic heterocycles. The molecule has 130 valence electrons. The van der Waals surface area contributed by atoms with Crippen molar-refractivity contribution in [2.45, 2.75) is 83.8 Å². The Kier molecular flexibility index (Phi) is 3.22. The number of aliphatic hydroxyl groups is 2. The first-order valence-electron chi connectivity index (χ1n) is 9.56. The molecule has 0 aromatic carbocycles. The lowest BCUT2D eigenvalue weighted by Gasteiger charge is -2.63. The van der Waals surface area contributed by atoms with E-state index in [0.29, 0.717) is 12.3 Å². The van der Waals surface area contributed by atoms with Gasteiger partial charge in [-0.15, -0.1) is 0 Å². The van der Waals surface area contributed by atoms with Gasteiger partial charge in [-0.25, -0.2) is 0 Å². The van der Waals surface area contributed by atoms with Crippen molar-refractivity contribution in [3.63, 3.8) is 0 Å². The topological polar surface area (TPSA) is 57.5 Å². The normalized spacial score (nSPS) is 57.4. The Morgan fingerprint density at radius 1 is 1.00 bits per heavy atom. The molecule has 4 fully saturated rings. The predicted octanol–water partition coefficient (Wildman–Crippen LogP) is 3.32. The minimum Gasteiger partial charge on any atom is -0.392 e. The van der Waals surface area contributed by atoms with E-state index < -0.39 is 11.7 Å². The molecule has 0 saturated heterocycles. The second kappa shape index (κ2) is 4.60. The molecule has 2 bridgehead atoms. The SMILES string of the molecule is CC1(C)CCCC2(C=O)C1CCC13CC(C)(O)C(CCC21)C3O. The van der Waals surface area contributed by atoms with Crippen LogP contribution in [0.5, 0.6) is 0 Å². The van der Waals surface area contributed by atoms with Gasteiger partial charge >= 0.3 is 0 Å². The van der Waals surface area contributed by atoms with E-state index in [1.165, 1.54) is 12.7 Å². The molecule has 0 heterocycles. The Morgan fingerprint density at radius 2 is 1.74 bits per heavy atom. The molecule has 0 aliphatic heterocycles. The van der Waals surface area contributed by atoms with Crippen LogP contribution in [0.1, 0.15) is 72.1 Å². The Hall–Kier alpha value is -0.410. The number of hydrogen-bond acceptors (Lipinski definition) is 3. The van der Waals surface area contributed by atoms with Gasteiger partial charge in [0, 0.05) is 16.7 Å². The zero-order valence-electron chi connectivity index (χ0n) is 14.8. The number of aliphatic hydroxyl groups excluding tert-OH is 1. The molecule has 7 unspecified atom stereocenters. The number of rotatable bonds is 1. The van der Waals surface area contributed by atoms with Gasteiger partial charge in [-0.2, -0.15) is 0 Å². The zero-order valence-corrected chi connectivity index (χ0v) is 14.8. The summed E-state index contributed by atoms with van der Waals surface area (Å²) >= 11 is 0. The molecule has 2 N–H and O–H groups in total. The van der Waals surface area contributed by atoms with Crippen LogP contribution >= 0.6 is 0 Å². The standard InChI is InChI=1S/C20H32O3/c1-17(2)8-4-9-20(12-21)14(17)7-10-19-11-18(3,23)13(16(19)22)5-6-15(19)20/h12-16,22-23H,4-11H2,1-3H3. The number of fused-ring (bicyclic) bond motifs is 3. The summed E-state index contributed by atoms with van der Waals surface area (Å²) in [6.45, 7) is 6.57. The number of carbonyl (C=O) groups is 1. The van der Waals surface area contributed by atoms with Crippen LogP contribution in [0.4, 0.5) is 0 Å². The molecule has 4 saturated carbocycles. The highest BCUT2D eigenvalue weighted by atomic mass is 16.3. The molecular weight excluding hydrogens is 288 g/mol. The molecule has 4 aliphatic carbocycles. The zero-order chi connectivity index (χ0) is 16.7. The maximum Gasteiger partial charge on any atom is 0.126 e. The Morgan fingerprint density at radius 3 is 2.43 bits per heavy atom. The van der Waals surface area contributed by atoms with E-state index in [9.17, 15) is 15.0 Å². The number of aldehydes is 1. The highest BCUT2D eigenvalue weighted by Crippen LogP contribution is 2.72. The van der Waals surface area contributed by atoms with Crippen LogP contribution in [0.3, 0.4) is 0 Å². The van der Waals surface area contributed by atoms with E-state index in [4.69, 9.17) is 0 Å². The van der Waals surface area contributed by atoms with Gasteiger partial charge in [-0.05, 0) is 69.1 Å². The molecule has 0 aromatic rings. The van der Waals surface area contributed by atoms with E-state index in [-0.39, 0.29) is 28.1 Å². The first-order chi connectivity index (χ1) is 10.7. The Labute approximate surface area is 139 Å². The van der Waals surface area contributed by atoms with Gasteiger partial charge in [0.25, 0.3) is 0 Å². The van der Waals surface area contributed by atoms with Crippen LogP contribution in [0.15, 0.2) is 0 Å². The van der Waals surface area contributed by atoms with Gasteiger partial charge in [0.1, 0.15) is 6.29 Å². The lowest BCUT2D eigenvalue weighted by atomic mass is 9.40. The monoisotopic (exact) mass is 320 g/mol. The predicted molar refractivity (Wildman–Crippen MR) is 88.7 cm³/mol. The van der Waals surface area contributed by atoms with Gasteiger partial charge in [0.15, 0.2) is 0 Å². The smallest absolute Gasteiger partial charge is 0.126 e. The van der Waals surface area contributed by atoms with Crippen LogP contribution < -0.4 is 0 Å². The van der Waals surface area contributed by atoms with Gasteiger partial charge in [-0.3, -0.25) is 0 Å². The molecule has 4 rings (SSSR count). The van der Waals surface area contributed by atoms with Crippen molar-refractivity contribution in [3.8, 4) is 0 Å². The Bertz CT molecular complexity index is 525. The third-order valence-corrected chi connectivity index (χ3v) is 8.71. The van der Waals surface area contributed by atoms with E-state index in [1.54, 1.807) is 0 Å². The van der Waals surface area contributed by atoms with Gasteiger partial charge in [0.05, 0.1) is 11.7 Å². The molecule has 1 spiro atoms. The average Bonchev–Trinajstić information content (AvgIpc) is 2.58. The largest absolute Gasteiger partial charge is 0.392 e. The van der Waals surface area contributed by atoms with E-state index in [2.05, 4.69) is 13.8 Å². The summed E-state index contributed by atoms with van der Waals surface area (Å²) in [5.74, 6) is 0.688. The quantitative estimate of drug-likeness (QED) is 0.729. The number of carbonyl (C=O) groups excluding carboxylic acids is 1. The van der Waals surface area contributed by atoms with Gasteiger partial charge < -0.3 is 15.0 Å². The van der Waals surface area contributed by atoms with Crippen LogP contribution in [0, 0.1) is 34.0 Å². The van der Waals surface area contributed by atoms with Crippen molar-refractivity contribution in [2.75, 3.05) is 0 Å². The third kappa shape index (κ3) is 1.81. The van der Waals surface area contributed by atoms with Crippen LogP contribution in [-0.2, 0) is 4.79 Å². The number of hydrogen-bond donors (Lipinski definition) is 2. The molecule has 3 nitrogen and oxygen atoms in total. The van der Waals surface area contributed by atoms with Gasteiger partial charge in [0.2, 0.25) is 0 Å². The van der Waals surface area contributed by atoms with E-state index in [1.807, 2.05) is 6.92 Å². The second-order valence-electron chi connectivity index (χ2n) is 10.1. The fourth-order valence-corrected chi connectivity index (χ4v) is 7.93. The molecular formula is C20H32O3. The van der Waals surface area contributed by atoms with Gasteiger partial charge in [-0.1, -0.05) is 20.3 Å². The first-order valence-corrected chi connectivity index (χ1v) is 9.56. The first kappa shape index (κ1) is 16.1. The van der Waals surface area contributed by atoms with Crippen molar-refractivity contribution < 1.29 is 15.0 Å². The molecule has 4 aliphatic rings. The fourth-order valence-electron chi connectivity index (χ4n) is 7.93. The summed E-state index contributed by atoms with van der Waals surface area (Å²) < 4.78 is 0. The third-order valence-electron chi connectivity index (χ3n) is 8.71. The molecule has 3 heteroatoms. The summed E-state index contributed by atoms with van der Waals surface area (Å²) in [6.07, 6.45) is 8.71. The van der Waals surface area contributed by atoms with Crippen molar-refractivity contribution in [1.29, 1.82) is 0 Å². The van der Waals surface area contributed by atoms with Crippen molar-refractivity contribution in [2.24, 2.45) is 34.0 Å². The highest BCUT2D eigenvalue weighted by Gasteiger charge is 2.71. The fraction of sp³-hybridized carbons (Fsp3) is 0.950.